The highest BCUT2D eigenvalue weighted by molar-refractivity contribution is 4.93. The summed E-state index contributed by atoms with van der Waals surface area (Å²) in [6.07, 6.45) is 2.50. The SMILES string of the molecule is CC(C)N1C[C@H]2CC[C@@H](C1)[C@H]2O. The topological polar surface area (TPSA) is 23.5 Å². The number of piperidine rings is 1. The predicted octanol–water partition coefficient (Wildman–Crippen LogP) is 1.10. The molecule has 70 valence electrons. The second-order valence-corrected chi connectivity index (χ2v) is 4.64. The molecule has 2 rings (SSSR count). The Kier molecular flexibility index (Phi) is 2.13. The van der Waals surface area contributed by atoms with Gasteiger partial charge in [-0.25, -0.2) is 0 Å². The zero-order chi connectivity index (χ0) is 8.72. The fourth-order valence-electron chi connectivity index (χ4n) is 2.65. The molecule has 1 N–H and O–H groups in total. The van der Waals surface area contributed by atoms with Crippen molar-refractivity contribution in [2.75, 3.05) is 13.1 Å². The minimum absolute atomic E-state index is 0.0139. The maximum atomic E-state index is 9.78. The normalized spacial score (nSPS) is 42.5. The first-order valence-corrected chi connectivity index (χ1v) is 5.10. The van der Waals surface area contributed by atoms with E-state index in [1.807, 2.05) is 0 Å². The van der Waals surface area contributed by atoms with Gasteiger partial charge in [-0.2, -0.15) is 0 Å². The lowest BCUT2D eigenvalue weighted by Crippen LogP contribution is -2.47. The molecule has 2 aliphatic rings. The van der Waals surface area contributed by atoms with Crippen molar-refractivity contribution in [2.24, 2.45) is 11.8 Å². The maximum absolute atomic E-state index is 9.78. The number of aliphatic hydroxyl groups is 1. The van der Waals surface area contributed by atoms with Crippen LogP contribution in [0.1, 0.15) is 26.7 Å². The van der Waals surface area contributed by atoms with Gasteiger partial charge in [0.25, 0.3) is 0 Å². The van der Waals surface area contributed by atoms with Crippen LogP contribution in [0, 0.1) is 11.8 Å². The minimum Gasteiger partial charge on any atom is -0.392 e. The molecule has 0 aromatic rings. The highest BCUT2D eigenvalue weighted by Crippen LogP contribution is 2.37. The van der Waals surface area contributed by atoms with Gasteiger partial charge in [-0.05, 0) is 38.5 Å². The molecule has 2 fully saturated rings. The Balaban J connectivity index is 2.02. The number of hydrogen-bond acceptors (Lipinski definition) is 2. The highest BCUT2D eigenvalue weighted by atomic mass is 16.3. The Bertz CT molecular complexity index is 155. The number of nitrogens with zero attached hydrogens (tertiary/aromatic N) is 1. The van der Waals surface area contributed by atoms with E-state index >= 15 is 0 Å². The zero-order valence-corrected chi connectivity index (χ0v) is 8.03. The molecule has 0 aromatic carbocycles. The Morgan fingerprint density at radius 2 is 1.67 bits per heavy atom. The van der Waals surface area contributed by atoms with E-state index in [4.69, 9.17) is 0 Å². The van der Waals surface area contributed by atoms with Crippen molar-refractivity contribution in [3.63, 3.8) is 0 Å². The van der Waals surface area contributed by atoms with E-state index in [9.17, 15) is 5.11 Å². The molecule has 1 heterocycles. The number of fused-ring (bicyclic) bond motifs is 2. The molecule has 0 radical (unpaired) electrons. The maximum Gasteiger partial charge on any atom is 0.0620 e. The standard InChI is InChI=1S/C10H19NO/c1-7(2)11-5-8-3-4-9(6-11)10(8)12/h7-10,12H,3-6H2,1-2H3/t8-,9+,10+. The molecule has 2 heteroatoms. The lowest BCUT2D eigenvalue weighted by Gasteiger charge is -2.37. The summed E-state index contributed by atoms with van der Waals surface area (Å²) in [5.74, 6) is 1.15. The molecule has 1 saturated carbocycles. The second kappa shape index (κ2) is 3.00. The van der Waals surface area contributed by atoms with Gasteiger partial charge in [0.05, 0.1) is 6.10 Å². The van der Waals surface area contributed by atoms with Gasteiger partial charge in [0.1, 0.15) is 0 Å². The molecular formula is C10H19NO. The first-order chi connectivity index (χ1) is 5.68. The molecule has 3 atom stereocenters. The van der Waals surface area contributed by atoms with Crippen LogP contribution in [0.3, 0.4) is 0 Å². The van der Waals surface area contributed by atoms with Crippen molar-refractivity contribution < 1.29 is 5.11 Å². The Morgan fingerprint density at radius 3 is 2.08 bits per heavy atom. The van der Waals surface area contributed by atoms with E-state index in [2.05, 4.69) is 18.7 Å². The lowest BCUT2D eigenvalue weighted by molar-refractivity contribution is 0.00571. The first-order valence-electron chi connectivity index (χ1n) is 5.10. The first kappa shape index (κ1) is 8.52. The number of likely N-dealkylation sites (tertiary alicyclic amines) is 1. The van der Waals surface area contributed by atoms with Crippen LogP contribution in [-0.2, 0) is 0 Å². The molecular weight excluding hydrogens is 150 g/mol. The van der Waals surface area contributed by atoms with E-state index in [-0.39, 0.29) is 6.10 Å². The fourth-order valence-corrected chi connectivity index (χ4v) is 2.65. The van der Waals surface area contributed by atoms with E-state index in [1.165, 1.54) is 12.8 Å². The van der Waals surface area contributed by atoms with Crippen molar-refractivity contribution in [1.82, 2.24) is 4.90 Å². The number of hydrogen-bond donors (Lipinski definition) is 1. The minimum atomic E-state index is 0.0139. The van der Waals surface area contributed by atoms with E-state index < -0.39 is 0 Å². The third-order valence-electron chi connectivity index (χ3n) is 3.54. The van der Waals surface area contributed by atoms with Crippen LogP contribution in [0.5, 0.6) is 0 Å². The van der Waals surface area contributed by atoms with Gasteiger partial charge < -0.3 is 10.0 Å². The zero-order valence-electron chi connectivity index (χ0n) is 8.03. The average molecular weight is 169 g/mol. The molecule has 1 saturated heterocycles. The van der Waals surface area contributed by atoms with Gasteiger partial charge in [-0.3, -0.25) is 0 Å². The fraction of sp³-hybridized carbons (Fsp3) is 1.00. The molecule has 0 aromatic heterocycles. The molecule has 0 amide bonds. The molecule has 2 bridgehead atoms. The van der Waals surface area contributed by atoms with Gasteiger partial charge in [0.2, 0.25) is 0 Å². The van der Waals surface area contributed by atoms with E-state index in [0.29, 0.717) is 17.9 Å². The van der Waals surface area contributed by atoms with Gasteiger partial charge in [0.15, 0.2) is 0 Å². The van der Waals surface area contributed by atoms with Crippen molar-refractivity contribution >= 4 is 0 Å². The summed E-state index contributed by atoms with van der Waals surface area (Å²) in [5, 5.41) is 9.78. The monoisotopic (exact) mass is 169 g/mol. The van der Waals surface area contributed by atoms with Gasteiger partial charge in [0, 0.05) is 19.1 Å². The van der Waals surface area contributed by atoms with Crippen molar-refractivity contribution in [1.29, 1.82) is 0 Å². The quantitative estimate of drug-likeness (QED) is 0.635. The van der Waals surface area contributed by atoms with Crippen LogP contribution in [0.15, 0.2) is 0 Å². The Hall–Kier alpha value is -0.0800. The molecule has 0 spiro atoms. The summed E-state index contributed by atoms with van der Waals surface area (Å²) in [7, 11) is 0. The van der Waals surface area contributed by atoms with Crippen LogP contribution in [0.4, 0.5) is 0 Å². The number of rotatable bonds is 1. The van der Waals surface area contributed by atoms with Crippen LogP contribution in [0.2, 0.25) is 0 Å². The summed E-state index contributed by atoms with van der Waals surface area (Å²) in [4.78, 5) is 2.51. The molecule has 1 aliphatic carbocycles. The molecule has 0 unspecified atom stereocenters. The smallest absolute Gasteiger partial charge is 0.0620 e. The summed E-state index contributed by atoms with van der Waals surface area (Å²) < 4.78 is 0. The van der Waals surface area contributed by atoms with Crippen LogP contribution in [-0.4, -0.2) is 35.2 Å². The summed E-state index contributed by atoms with van der Waals surface area (Å²) in [5.41, 5.74) is 0. The Labute approximate surface area is 74.6 Å². The van der Waals surface area contributed by atoms with E-state index in [1.54, 1.807) is 0 Å². The molecule has 1 aliphatic heterocycles. The third-order valence-corrected chi connectivity index (χ3v) is 3.54. The third kappa shape index (κ3) is 1.27. The largest absolute Gasteiger partial charge is 0.392 e. The predicted molar refractivity (Wildman–Crippen MR) is 48.9 cm³/mol. The van der Waals surface area contributed by atoms with Crippen molar-refractivity contribution in [3.05, 3.63) is 0 Å². The van der Waals surface area contributed by atoms with Gasteiger partial charge in [-0.1, -0.05) is 0 Å². The van der Waals surface area contributed by atoms with Gasteiger partial charge >= 0.3 is 0 Å². The van der Waals surface area contributed by atoms with Crippen LogP contribution in [0.25, 0.3) is 0 Å². The van der Waals surface area contributed by atoms with Crippen LogP contribution >= 0.6 is 0 Å². The second-order valence-electron chi connectivity index (χ2n) is 4.64. The average Bonchev–Trinajstić information content (AvgIpc) is 2.30. The highest BCUT2D eigenvalue weighted by Gasteiger charge is 2.41. The Morgan fingerprint density at radius 1 is 1.17 bits per heavy atom. The summed E-state index contributed by atoms with van der Waals surface area (Å²) in [6, 6.07) is 0.653. The van der Waals surface area contributed by atoms with Crippen molar-refractivity contribution in [2.45, 2.75) is 38.8 Å². The van der Waals surface area contributed by atoms with Gasteiger partial charge in [-0.15, -0.1) is 0 Å². The molecule has 2 nitrogen and oxygen atoms in total. The van der Waals surface area contributed by atoms with E-state index in [0.717, 1.165) is 13.1 Å². The van der Waals surface area contributed by atoms with Crippen molar-refractivity contribution in [3.8, 4) is 0 Å². The van der Waals surface area contributed by atoms with Crippen LogP contribution < -0.4 is 0 Å². The number of aliphatic hydroxyl groups excluding tert-OH is 1. The lowest BCUT2D eigenvalue weighted by atomic mass is 9.94. The molecule has 12 heavy (non-hydrogen) atoms. The summed E-state index contributed by atoms with van der Waals surface area (Å²) >= 11 is 0. The summed E-state index contributed by atoms with van der Waals surface area (Å²) in [6.45, 7) is 6.74.